The van der Waals surface area contributed by atoms with Gasteiger partial charge in [0.25, 0.3) is 16.7 Å². The highest BCUT2D eigenvalue weighted by Crippen LogP contribution is 2.22. The van der Waals surface area contributed by atoms with E-state index < -0.39 is 0 Å². The number of likely N-dealkylation sites (tertiary alicyclic amines) is 1. The predicted octanol–water partition coefficient (Wildman–Crippen LogP) is 6.04. The highest BCUT2D eigenvalue weighted by atomic mass is 16.2. The van der Waals surface area contributed by atoms with Crippen molar-refractivity contribution in [1.82, 2.24) is 29.8 Å². The molecular weight excluding hydrogens is 729 g/mol. The van der Waals surface area contributed by atoms with E-state index in [1.807, 2.05) is 106 Å². The van der Waals surface area contributed by atoms with E-state index in [2.05, 4.69) is 40.1 Å². The first-order valence-corrected chi connectivity index (χ1v) is 19.3. The van der Waals surface area contributed by atoms with E-state index >= 15 is 0 Å². The molecule has 0 atom stereocenters. The number of benzene rings is 3. The van der Waals surface area contributed by atoms with Gasteiger partial charge in [-0.3, -0.25) is 34.1 Å². The highest BCUT2D eigenvalue weighted by molar-refractivity contribution is 6.05. The lowest BCUT2D eigenvalue weighted by molar-refractivity contribution is -0.117. The zero-order chi connectivity index (χ0) is 40.6. The average Bonchev–Trinajstić information content (AvgIpc) is 3.24. The van der Waals surface area contributed by atoms with Gasteiger partial charge in [-0.05, 0) is 93.9 Å². The summed E-state index contributed by atoms with van der Waals surface area (Å²) in [4.78, 5) is 71.8. The minimum atomic E-state index is -0.133. The third-order valence-electron chi connectivity index (χ3n) is 10.0. The Kier molecular flexibility index (Phi) is 12.0. The van der Waals surface area contributed by atoms with Crippen LogP contribution in [0.5, 0.6) is 0 Å². The van der Waals surface area contributed by atoms with Gasteiger partial charge < -0.3 is 20.3 Å². The van der Waals surface area contributed by atoms with Gasteiger partial charge in [0.05, 0.1) is 23.1 Å². The lowest BCUT2D eigenvalue weighted by atomic mass is 10.1. The summed E-state index contributed by atoms with van der Waals surface area (Å²) in [5, 5.41) is 10.3. The number of aromatic amines is 3. The Morgan fingerprint density at radius 2 is 1.31 bits per heavy atom. The summed E-state index contributed by atoms with van der Waals surface area (Å²) in [6.45, 7) is 8.01. The zero-order valence-electron chi connectivity index (χ0n) is 32.6. The van der Waals surface area contributed by atoms with Gasteiger partial charge in [0.15, 0.2) is 0 Å². The Hall–Kier alpha value is -7.05. The topological polar surface area (TPSA) is 169 Å². The molecule has 12 nitrogen and oxygen atoms in total. The maximum atomic E-state index is 12.3. The van der Waals surface area contributed by atoms with Gasteiger partial charge in [-0.2, -0.15) is 0 Å². The number of nitrogens with zero attached hydrogens (tertiary/aromatic N) is 4. The van der Waals surface area contributed by atoms with Crippen molar-refractivity contribution in [1.29, 1.82) is 0 Å². The number of aromatic nitrogens is 5. The number of rotatable bonds is 4. The number of aliphatic imine (C=N–C) groups is 1. The number of nitrogens with one attached hydrogen (secondary N) is 4. The van der Waals surface area contributed by atoms with Crippen molar-refractivity contribution in [3.05, 3.63) is 145 Å². The Balaban J connectivity index is 0.000000137. The van der Waals surface area contributed by atoms with E-state index in [-0.39, 0.29) is 22.6 Å². The van der Waals surface area contributed by atoms with Crippen LogP contribution in [0.15, 0.2) is 117 Å². The minimum absolute atomic E-state index is 0.0475. The van der Waals surface area contributed by atoms with Crippen molar-refractivity contribution < 1.29 is 4.79 Å². The number of fused-ring (bicyclic) bond motifs is 7. The molecule has 0 unspecified atom stereocenters. The largest absolute Gasteiger partial charge is 0.322 e. The molecule has 0 aliphatic carbocycles. The van der Waals surface area contributed by atoms with E-state index in [0.29, 0.717) is 39.6 Å². The van der Waals surface area contributed by atoms with Crippen LogP contribution in [-0.4, -0.2) is 61.6 Å². The molecule has 58 heavy (non-hydrogen) atoms. The first-order valence-electron chi connectivity index (χ1n) is 19.3. The second-order valence-electron chi connectivity index (χ2n) is 14.0. The molecule has 0 spiro atoms. The van der Waals surface area contributed by atoms with Gasteiger partial charge in [-0.25, -0.2) is 4.98 Å². The fourth-order valence-electron chi connectivity index (χ4n) is 7.23. The van der Waals surface area contributed by atoms with Crippen LogP contribution in [-0.2, 0) is 4.79 Å². The van der Waals surface area contributed by atoms with Crippen LogP contribution in [0.3, 0.4) is 0 Å². The zero-order valence-corrected chi connectivity index (χ0v) is 32.6. The molecule has 0 saturated carbocycles. The Bertz CT molecular complexity index is 3140. The third kappa shape index (κ3) is 8.67. The quantitative estimate of drug-likeness (QED) is 0.125. The molecule has 9 rings (SSSR count). The Morgan fingerprint density at radius 3 is 1.98 bits per heavy atom. The van der Waals surface area contributed by atoms with E-state index in [1.54, 1.807) is 30.6 Å². The van der Waals surface area contributed by atoms with Crippen molar-refractivity contribution in [3.63, 3.8) is 0 Å². The van der Waals surface area contributed by atoms with Crippen molar-refractivity contribution in [2.75, 3.05) is 25.0 Å². The summed E-state index contributed by atoms with van der Waals surface area (Å²) < 4.78 is 0. The molecule has 8 aromatic rings. The standard InChI is InChI=1S/C19H20N4O2.C14H14N2O.C13H10N2O/c24-17(12-23-10-4-1-5-11-23)21-16-9-8-15-18(22-16)13-6-2-3-7-14(13)19(25)20-15;1-3-13-12(9-15-4-2)10-7-5-6-8-11(10)14(17)16-13;1-8-6-12-11(7-14-8)9-4-2-3-5-10(9)13(16)15-12/h2-3,6-9H,1,4-5,10-12H2,(H,20,25)(H,21,22,24);3-9H,1-2H3,(H,16,17);2-7H,1H3,(H,15,16)/b;12-9-,13-3-,15-4?;. The summed E-state index contributed by atoms with van der Waals surface area (Å²) in [6, 6.07) is 27.9. The van der Waals surface area contributed by atoms with Crippen LogP contribution >= 0.6 is 0 Å². The number of aryl methyl sites for hydroxylation is 1. The molecule has 1 fully saturated rings. The number of anilines is 1. The fraction of sp³-hybridized carbons (Fsp3) is 0.196. The molecule has 12 heteroatoms. The number of hydrogen-bond donors (Lipinski definition) is 4. The number of piperidine rings is 1. The summed E-state index contributed by atoms with van der Waals surface area (Å²) >= 11 is 0. The fourth-order valence-corrected chi connectivity index (χ4v) is 7.23. The van der Waals surface area contributed by atoms with E-state index in [0.717, 1.165) is 69.3 Å². The predicted molar refractivity (Wildman–Crippen MR) is 236 cm³/mol. The lowest BCUT2D eigenvalue weighted by Crippen LogP contribution is -2.36. The molecule has 0 radical (unpaired) electrons. The number of amides is 1. The van der Waals surface area contributed by atoms with Crippen LogP contribution in [0, 0.1) is 6.92 Å². The van der Waals surface area contributed by atoms with Crippen molar-refractivity contribution in [2.45, 2.75) is 40.0 Å². The summed E-state index contributed by atoms with van der Waals surface area (Å²) in [5.74, 6) is 0.453. The molecule has 0 bridgehead atoms. The van der Waals surface area contributed by atoms with Crippen LogP contribution in [0.1, 0.15) is 38.8 Å². The third-order valence-corrected chi connectivity index (χ3v) is 10.0. The van der Waals surface area contributed by atoms with E-state index in [1.165, 1.54) is 6.42 Å². The molecular formula is C46H44N8O4. The monoisotopic (exact) mass is 772 g/mol. The molecule has 6 heterocycles. The molecule has 1 amide bonds. The lowest BCUT2D eigenvalue weighted by Gasteiger charge is -2.25. The molecule has 5 aromatic heterocycles. The van der Waals surface area contributed by atoms with Crippen molar-refractivity contribution in [3.8, 4) is 0 Å². The van der Waals surface area contributed by atoms with E-state index in [9.17, 15) is 19.2 Å². The smallest absolute Gasteiger partial charge is 0.256 e. The van der Waals surface area contributed by atoms with Gasteiger partial charge >= 0.3 is 0 Å². The van der Waals surface area contributed by atoms with E-state index in [4.69, 9.17) is 0 Å². The van der Waals surface area contributed by atoms with Crippen LogP contribution in [0.4, 0.5) is 5.82 Å². The minimum Gasteiger partial charge on any atom is -0.322 e. The Morgan fingerprint density at radius 1 is 0.724 bits per heavy atom. The molecule has 1 aliphatic heterocycles. The highest BCUT2D eigenvalue weighted by Gasteiger charge is 2.15. The number of H-pyrrole nitrogens is 3. The van der Waals surface area contributed by atoms with Crippen LogP contribution in [0.2, 0.25) is 0 Å². The number of hydrogen-bond acceptors (Lipinski definition) is 8. The van der Waals surface area contributed by atoms with Gasteiger partial charge in [0, 0.05) is 61.8 Å². The molecule has 292 valence electrons. The molecule has 1 saturated heterocycles. The first-order chi connectivity index (χ1) is 28.2. The SMILES string of the molecule is CC=N/C=c1\c(=C\C)[nH]c(=O)c2ccccc12.Cc1cc2[nH]c(=O)c3ccccc3c2cn1.O=C(CN1CCCCC1)Nc1ccc2[nH]c(=O)c3ccccc3c2n1. The molecule has 4 N–H and O–H groups in total. The molecule has 3 aromatic carbocycles. The van der Waals surface area contributed by atoms with Crippen molar-refractivity contribution in [2.24, 2.45) is 4.99 Å². The normalized spacial score (nSPS) is 13.8. The Labute approximate surface area is 332 Å². The molecule has 1 aliphatic rings. The van der Waals surface area contributed by atoms with Gasteiger partial charge in [-0.15, -0.1) is 0 Å². The van der Waals surface area contributed by atoms with Gasteiger partial charge in [-0.1, -0.05) is 67.1 Å². The van der Waals surface area contributed by atoms with Gasteiger partial charge in [0.1, 0.15) is 5.82 Å². The maximum Gasteiger partial charge on any atom is 0.256 e. The summed E-state index contributed by atoms with van der Waals surface area (Å²) in [5.41, 5.74) is 2.85. The summed E-state index contributed by atoms with van der Waals surface area (Å²) in [7, 11) is 0. The number of carbonyl (C=O) groups is 1. The second kappa shape index (κ2) is 17.8. The van der Waals surface area contributed by atoms with Crippen LogP contribution < -0.4 is 32.6 Å². The van der Waals surface area contributed by atoms with Gasteiger partial charge in [0.2, 0.25) is 5.91 Å². The number of pyridine rings is 5. The van der Waals surface area contributed by atoms with Crippen molar-refractivity contribution >= 4 is 84.5 Å². The average molecular weight is 773 g/mol. The maximum absolute atomic E-state index is 12.3. The van der Waals surface area contributed by atoms with Crippen LogP contribution in [0.25, 0.3) is 66.5 Å². The number of carbonyl (C=O) groups excluding carboxylic acids is 1. The second-order valence-corrected chi connectivity index (χ2v) is 14.0. The summed E-state index contributed by atoms with van der Waals surface area (Å²) in [6.07, 6.45) is 10.7. The first kappa shape index (κ1) is 39.2.